The largest absolute Gasteiger partial charge is 0.362 e. The SMILES string of the molecule is O=C1NC2(CCN(C(=O)c3cccc([N+](=O)[O-])c3)CC2)Nc2cccc(F)c21. The third-order valence-electron chi connectivity index (χ3n) is 5.18. The molecule has 0 aromatic heterocycles. The summed E-state index contributed by atoms with van der Waals surface area (Å²) in [5, 5.41) is 17.0. The van der Waals surface area contributed by atoms with Crippen molar-refractivity contribution in [1.29, 1.82) is 0 Å². The first-order chi connectivity index (χ1) is 13.4. The molecule has 2 aromatic rings. The van der Waals surface area contributed by atoms with Crippen LogP contribution < -0.4 is 10.6 Å². The van der Waals surface area contributed by atoms with E-state index in [1.807, 2.05) is 0 Å². The van der Waals surface area contributed by atoms with Crippen LogP contribution in [0, 0.1) is 15.9 Å². The molecule has 0 aliphatic carbocycles. The zero-order chi connectivity index (χ0) is 19.9. The van der Waals surface area contributed by atoms with Gasteiger partial charge < -0.3 is 15.5 Å². The predicted molar refractivity (Wildman–Crippen MR) is 98.5 cm³/mol. The standard InChI is InChI=1S/C19H17FN4O4/c20-14-5-2-6-15-16(14)17(25)22-19(21-15)7-9-23(10-8-19)18(26)12-3-1-4-13(11-12)24(27)28/h1-6,11,21H,7-10H2,(H,22,25). The first-order valence-corrected chi connectivity index (χ1v) is 8.81. The number of fused-ring (bicyclic) bond motifs is 1. The van der Waals surface area contributed by atoms with E-state index in [1.54, 1.807) is 17.0 Å². The van der Waals surface area contributed by atoms with Crippen molar-refractivity contribution >= 4 is 23.2 Å². The van der Waals surface area contributed by atoms with E-state index >= 15 is 0 Å². The number of nitro benzene ring substituents is 1. The number of hydrogen-bond donors (Lipinski definition) is 2. The minimum atomic E-state index is -0.753. The zero-order valence-electron chi connectivity index (χ0n) is 14.8. The lowest BCUT2D eigenvalue weighted by molar-refractivity contribution is -0.384. The molecule has 0 unspecified atom stereocenters. The number of nitrogens with zero attached hydrogens (tertiary/aromatic N) is 2. The molecular formula is C19H17FN4O4. The zero-order valence-corrected chi connectivity index (χ0v) is 14.8. The van der Waals surface area contributed by atoms with Crippen LogP contribution in [0.15, 0.2) is 42.5 Å². The van der Waals surface area contributed by atoms with Crippen LogP contribution in [0.4, 0.5) is 15.8 Å². The fraction of sp³-hybridized carbons (Fsp3) is 0.263. The van der Waals surface area contributed by atoms with Crippen molar-refractivity contribution in [2.24, 2.45) is 0 Å². The van der Waals surface area contributed by atoms with Gasteiger partial charge in [-0.05, 0) is 18.2 Å². The second-order valence-corrected chi connectivity index (χ2v) is 6.92. The highest BCUT2D eigenvalue weighted by molar-refractivity contribution is 6.02. The van der Waals surface area contributed by atoms with Crippen LogP contribution >= 0.6 is 0 Å². The Morgan fingerprint density at radius 2 is 1.86 bits per heavy atom. The molecule has 1 fully saturated rings. The monoisotopic (exact) mass is 384 g/mol. The van der Waals surface area contributed by atoms with Crippen LogP contribution in [-0.2, 0) is 0 Å². The molecule has 2 N–H and O–H groups in total. The lowest BCUT2D eigenvalue weighted by atomic mass is 9.92. The van der Waals surface area contributed by atoms with Gasteiger partial charge in [-0.25, -0.2) is 4.39 Å². The van der Waals surface area contributed by atoms with Crippen molar-refractivity contribution < 1.29 is 18.9 Å². The Labute approximate surface area is 159 Å². The topological polar surface area (TPSA) is 105 Å². The Balaban J connectivity index is 1.49. The highest BCUT2D eigenvalue weighted by Gasteiger charge is 2.42. The molecule has 2 aliphatic heterocycles. The summed E-state index contributed by atoms with van der Waals surface area (Å²) in [7, 11) is 0. The summed E-state index contributed by atoms with van der Waals surface area (Å²) >= 11 is 0. The summed E-state index contributed by atoms with van der Waals surface area (Å²) < 4.78 is 13.9. The molecule has 2 aliphatic rings. The van der Waals surface area contributed by atoms with Crippen molar-refractivity contribution in [2.75, 3.05) is 18.4 Å². The van der Waals surface area contributed by atoms with E-state index in [2.05, 4.69) is 10.6 Å². The number of benzene rings is 2. The fourth-order valence-electron chi connectivity index (χ4n) is 3.70. The summed E-state index contributed by atoms with van der Waals surface area (Å²) in [4.78, 5) is 37.1. The van der Waals surface area contributed by atoms with Crippen molar-refractivity contribution in [1.82, 2.24) is 10.2 Å². The van der Waals surface area contributed by atoms with Crippen molar-refractivity contribution in [3.63, 3.8) is 0 Å². The Morgan fingerprint density at radius 1 is 1.14 bits per heavy atom. The van der Waals surface area contributed by atoms with Gasteiger partial charge in [0.25, 0.3) is 17.5 Å². The van der Waals surface area contributed by atoms with Gasteiger partial charge in [0.05, 0.1) is 16.2 Å². The Kier molecular flexibility index (Phi) is 4.21. The maximum absolute atomic E-state index is 13.9. The molecule has 0 bridgehead atoms. The van der Waals surface area contributed by atoms with Crippen LogP contribution in [0.3, 0.4) is 0 Å². The van der Waals surface area contributed by atoms with Gasteiger partial charge in [0.15, 0.2) is 0 Å². The number of carbonyl (C=O) groups excluding carboxylic acids is 2. The van der Waals surface area contributed by atoms with E-state index in [0.717, 1.165) is 0 Å². The first-order valence-electron chi connectivity index (χ1n) is 8.81. The Morgan fingerprint density at radius 3 is 2.57 bits per heavy atom. The van der Waals surface area contributed by atoms with Gasteiger partial charge in [0.1, 0.15) is 11.5 Å². The number of carbonyl (C=O) groups is 2. The highest BCUT2D eigenvalue weighted by Crippen LogP contribution is 2.33. The summed E-state index contributed by atoms with van der Waals surface area (Å²) in [5.41, 5.74) is -0.222. The molecule has 4 rings (SSSR count). The Hall–Kier alpha value is -3.49. The number of nitrogens with one attached hydrogen (secondary N) is 2. The number of rotatable bonds is 2. The predicted octanol–water partition coefficient (Wildman–Crippen LogP) is 2.52. The van der Waals surface area contributed by atoms with Crippen LogP contribution in [0.2, 0.25) is 0 Å². The molecule has 0 saturated carbocycles. The van der Waals surface area contributed by atoms with Gasteiger partial charge in [-0.2, -0.15) is 0 Å². The first kappa shape index (κ1) is 17.9. The molecule has 8 nitrogen and oxygen atoms in total. The number of anilines is 1. The molecule has 144 valence electrons. The summed E-state index contributed by atoms with van der Waals surface area (Å²) in [6.45, 7) is 0.693. The lowest BCUT2D eigenvalue weighted by Crippen LogP contribution is -2.62. The fourth-order valence-corrected chi connectivity index (χ4v) is 3.70. The smallest absolute Gasteiger partial charge is 0.270 e. The molecule has 1 saturated heterocycles. The number of halogens is 1. The number of piperidine rings is 1. The minimum absolute atomic E-state index is 0.0109. The van der Waals surface area contributed by atoms with Crippen molar-refractivity contribution in [3.8, 4) is 0 Å². The third-order valence-corrected chi connectivity index (χ3v) is 5.18. The van der Waals surface area contributed by atoms with E-state index < -0.39 is 22.3 Å². The van der Waals surface area contributed by atoms with Crippen LogP contribution in [-0.4, -0.2) is 40.4 Å². The molecule has 1 spiro atoms. The molecule has 0 radical (unpaired) electrons. The molecule has 9 heteroatoms. The van der Waals surface area contributed by atoms with E-state index in [0.29, 0.717) is 31.6 Å². The quantitative estimate of drug-likeness (QED) is 0.612. The van der Waals surface area contributed by atoms with Crippen LogP contribution in [0.1, 0.15) is 33.6 Å². The van der Waals surface area contributed by atoms with Gasteiger partial charge in [-0.3, -0.25) is 19.7 Å². The number of likely N-dealkylation sites (tertiary alicyclic amines) is 1. The third kappa shape index (κ3) is 3.04. The van der Waals surface area contributed by atoms with E-state index in [9.17, 15) is 24.1 Å². The average molecular weight is 384 g/mol. The second-order valence-electron chi connectivity index (χ2n) is 6.92. The van der Waals surface area contributed by atoms with Gasteiger partial charge in [0, 0.05) is 43.6 Å². The normalized spacial score (nSPS) is 17.5. The summed E-state index contributed by atoms with van der Waals surface area (Å²) in [6, 6.07) is 10.0. The van der Waals surface area contributed by atoms with Gasteiger partial charge in [0.2, 0.25) is 0 Å². The van der Waals surface area contributed by atoms with E-state index in [4.69, 9.17) is 0 Å². The number of amides is 2. The van der Waals surface area contributed by atoms with Gasteiger partial charge in [-0.1, -0.05) is 12.1 Å². The molecule has 2 aromatic carbocycles. The summed E-state index contributed by atoms with van der Waals surface area (Å²) in [5.74, 6) is -1.37. The van der Waals surface area contributed by atoms with E-state index in [-0.39, 0.29) is 22.7 Å². The molecule has 0 atom stereocenters. The Bertz CT molecular complexity index is 986. The number of non-ortho nitro benzene ring substituents is 1. The minimum Gasteiger partial charge on any atom is -0.362 e. The molecule has 2 heterocycles. The number of nitro groups is 1. The molecule has 2 amide bonds. The molecule has 28 heavy (non-hydrogen) atoms. The maximum atomic E-state index is 13.9. The van der Waals surface area contributed by atoms with Crippen LogP contribution in [0.5, 0.6) is 0 Å². The van der Waals surface area contributed by atoms with Gasteiger partial charge in [-0.15, -0.1) is 0 Å². The summed E-state index contributed by atoms with van der Waals surface area (Å²) in [6.07, 6.45) is 0.852. The van der Waals surface area contributed by atoms with Crippen molar-refractivity contribution in [3.05, 3.63) is 69.5 Å². The van der Waals surface area contributed by atoms with Crippen LogP contribution in [0.25, 0.3) is 0 Å². The van der Waals surface area contributed by atoms with E-state index in [1.165, 1.54) is 30.3 Å². The van der Waals surface area contributed by atoms with Crippen molar-refractivity contribution in [2.45, 2.75) is 18.5 Å². The van der Waals surface area contributed by atoms with Gasteiger partial charge >= 0.3 is 0 Å². The second kappa shape index (κ2) is 6.59. The lowest BCUT2D eigenvalue weighted by Gasteiger charge is -2.45. The number of hydrogen-bond acceptors (Lipinski definition) is 5. The highest BCUT2D eigenvalue weighted by atomic mass is 19.1. The average Bonchev–Trinajstić information content (AvgIpc) is 2.68. The molecular weight excluding hydrogens is 367 g/mol. The maximum Gasteiger partial charge on any atom is 0.270 e.